The standard InChI is InChI=1S/C26H40BrN3O4S/c1-5-9-14-29(13-8-4)25(34)22-26-17-18(27)21(35-26)19(23(32)28(11-6-2)12-7-3)20(26)24(33)30(22)15-10-16-31/h6,8,18-22,31H,2,4-5,7,9-17H2,1,3H3/t18?,19-,20+,21-,22?,26?/m1/s1. The zero-order chi connectivity index (χ0) is 25.8. The zero-order valence-corrected chi connectivity index (χ0v) is 23.4. The van der Waals surface area contributed by atoms with Crippen LogP contribution in [0, 0.1) is 11.8 Å². The van der Waals surface area contributed by atoms with Crippen molar-refractivity contribution >= 4 is 45.4 Å². The zero-order valence-electron chi connectivity index (χ0n) is 21.0. The van der Waals surface area contributed by atoms with Crippen LogP contribution in [0.15, 0.2) is 25.3 Å². The maximum absolute atomic E-state index is 14.1. The highest BCUT2D eigenvalue weighted by Crippen LogP contribution is 2.68. The molecule has 35 heavy (non-hydrogen) atoms. The van der Waals surface area contributed by atoms with Gasteiger partial charge in [-0.3, -0.25) is 14.4 Å². The normalized spacial score (nSPS) is 30.9. The molecule has 0 saturated carbocycles. The Morgan fingerprint density at radius 2 is 1.80 bits per heavy atom. The predicted octanol–water partition coefficient (Wildman–Crippen LogP) is 3.07. The van der Waals surface area contributed by atoms with E-state index < -0.39 is 22.6 Å². The molecule has 3 saturated heterocycles. The lowest BCUT2D eigenvalue weighted by atomic mass is 9.70. The fraction of sp³-hybridized carbons (Fsp3) is 0.731. The lowest BCUT2D eigenvalue weighted by molar-refractivity contribution is -0.144. The molecule has 3 fully saturated rings. The van der Waals surface area contributed by atoms with Crippen molar-refractivity contribution in [3.8, 4) is 0 Å². The molecule has 0 aromatic rings. The number of aliphatic hydroxyl groups is 1. The summed E-state index contributed by atoms with van der Waals surface area (Å²) in [6.45, 7) is 14.1. The number of thioether (sulfide) groups is 1. The number of halogens is 1. The van der Waals surface area contributed by atoms with E-state index in [9.17, 15) is 19.5 Å². The summed E-state index contributed by atoms with van der Waals surface area (Å²) in [5.41, 5.74) is 0. The van der Waals surface area contributed by atoms with Crippen molar-refractivity contribution in [2.45, 2.75) is 66.8 Å². The first kappa shape index (κ1) is 28.3. The quantitative estimate of drug-likeness (QED) is 0.257. The number of aliphatic hydroxyl groups excluding tert-OH is 1. The van der Waals surface area contributed by atoms with Gasteiger partial charge >= 0.3 is 0 Å². The average Bonchev–Trinajstić information content (AvgIpc) is 3.42. The van der Waals surface area contributed by atoms with Gasteiger partial charge in [-0.2, -0.15) is 0 Å². The number of unbranched alkanes of at least 4 members (excludes halogenated alkanes) is 1. The Morgan fingerprint density at radius 3 is 2.37 bits per heavy atom. The van der Waals surface area contributed by atoms with E-state index in [1.807, 2.05) is 11.8 Å². The number of amides is 3. The molecule has 2 bridgehead atoms. The van der Waals surface area contributed by atoms with Crippen LogP contribution >= 0.6 is 27.7 Å². The van der Waals surface area contributed by atoms with Crippen molar-refractivity contribution in [1.82, 2.24) is 14.7 Å². The molecule has 3 aliphatic heterocycles. The second-order valence-corrected chi connectivity index (χ2v) is 12.5. The third-order valence-electron chi connectivity index (χ3n) is 7.46. The number of nitrogens with zero attached hydrogens (tertiary/aromatic N) is 3. The first-order valence-corrected chi connectivity index (χ1v) is 14.6. The van der Waals surface area contributed by atoms with E-state index in [4.69, 9.17) is 0 Å². The first-order chi connectivity index (χ1) is 16.8. The Morgan fingerprint density at radius 1 is 1.14 bits per heavy atom. The highest BCUT2D eigenvalue weighted by molar-refractivity contribution is 9.09. The molecule has 9 heteroatoms. The summed E-state index contributed by atoms with van der Waals surface area (Å²) >= 11 is 5.48. The predicted molar refractivity (Wildman–Crippen MR) is 144 cm³/mol. The Kier molecular flexibility index (Phi) is 9.91. The third kappa shape index (κ3) is 5.10. The van der Waals surface area contributed by atoms with Crippen molar-refractivity contribution in [2.24, 2.45) is 11.8 Å². The minimum atomic E-state index is -0.652. The van der Waals surface area contributed by atoms with Crippen molar-refractivity contribution in [3.63, 3.8) is 0 Å². The maximum Gasteiger partial charge on any atom is 0.247 e. The molecular formula is C26H40BrN3O4S. The van der Waals surface area contributed by atoms with Crippen LogP contribution in [-0.4, -0.2) is 97.7 Å². The van der Waals surface area contributed by atoms with Gasteiger partial charge in [-0.05, 0) is 25.7 Å². The molecule has 3 rings (SSSR count). The molecule has 7 nitrogen and oxygen atoms in total. The summed E-state index contributed by atoms with van der Waals surface area (Å²) in [4.78, 5) is 47.3. The Bertz CT molecular complexity index is 826. The molecule has 0 aromatic carbocycles. The minimum Gasteiger partial charge on any atom is -0.396 e. The first-order valence-electron chi connectivity index (χ1n) is 12.8. The second kappa shape index (κ2) is 12.3. The van der Waals surface area contributed by atoms with Crippen LogP contribution in [0.25, 0.3) is 0 Å². The maximum atomic E-state index is 14.1. The van der Waals surface area contributed by atoms with Gasteiger partial charge in [-0.25, -0.2) is 0 Å². The molecule has 3 unspecified atom stereocenters. The molecule has 3 aliphatic rings. The van der Waals surface area contributed by atoms with Gasteiger partial charge in [0.05, 0.1) is 16.6 Å². The SMILES string of the molecule is C=CCN(CCCC)C(=O)C1N(CCCO)C(=O)[C@@H]2[C@@H](C(=O)N(CC=C)CCC)[C@@H]3SC12CC3Br. The average molecular weight is 571 g/mol. The Labute approximate surface area is 222 Å². The molecule has 3 heterocycles. The second-order valence-electron chi connectivity index (χ2n) is 9.77. The topological polar surface area (TPSA) is 81.2 Å². The monoisotopic (exact) mass is 569 g/mol. The molecule has 0 radical (unpaired) electrons. The number of hydrogen-bond donors (Lipinski definition) is 1. The van der Waals surface area contributed by atoms with Gasteiger partial charge in [-0.1, -0.05) is 48.4 Å². The van der Waals surface area contributed by atoms with E-state index in [1.165, 1.54) is 0 Å². The summed E-state index contributed by atoms with van der Waals surface area (Å²) < 4.78 is -0.652. The van der Waals surface area contributed by atoms with E-state index in [1.54, 1.807) is 33.7 Å². The van der Waals surface area contributed by atoms with Gasteiger partial charge in [0.2, 0.25) is 17.7 Å². The minimum absolute atomic E-state index is 0.0160. The molecule has 0 aromatic heterocycles. The summed E-state index contributed by atoms with van der Waals surface area (Å²) in [6, 6.07) is -0.643. The van der Waals surface area contributed by atoms with Crippen molar-refractivity contribution < 1.29 is 19.5 Å². The van der Waals surface area contributed by atoms with E-state index in [0.29, 0.717) is 45.6 Å². The molecule has 1 N–H and O–H groups in total. The fourth-order valence-electron chi connectivity index (χ4n) is 6.07. The molecule has 6 atom stereocenters. The molecule has 3 amide bonds. The van der Waals surface area contributed by atoms with Gasteiger partial charge in [0.15, 0.2) is 0 Å². The molecule has 0 aliphatic carbocycles. The number of fused-ring (bicyclic) bond motifs is 1. The van der Waals surface area contributed by atoms with Gasteiger partial charge in [0, 0.05) is 49.4 Å². The van der Waals surface area contributed by atoms with Gasteiger partial charge in [-0.15, -0.1) is 24.9 Å². The van der Waals surface area contributed by atoms with Gasteiger partial charge in [0.25, 0.3) is 0 Å². The smallest absolute Gasteiger partial charge is 0.247 e. The number of rotatable bonds is 14. The van der Waals surface area contributed by atoms with Crippen molar-refractivity contribution in [1.29, 1.82) is 0 Å². The van der Waals surface area contributed by atoms with Crippen LogP contribution in [0.3, 0.4) is 0 Å². The lowest BCUT2D eigenvalue weighted by Crippen LogP contribution is -2.56. The summed E-state index contributed by atoms with van der Waals surface area (Å²) in [5, 5.41) is 9.47. The van der Waals surface area contributed by atoms with Crippen LogP contribution in [0.5, 0.6) is 0 Å². The van der Waals surface area contributed by atoms with E-state index in [-0.39, 0.29) is 34.4 Å². The van der Waals surface area contributed by atoms with Crippen LogP contribution in [0.1, 0.15) is 46.0 Å². The van der Waals surface area contributed by atoms with Crippen LogP contribution in [-0.2, 0) is 14.4 Å². The molecule has 1 spiro atoms. The van der Waals surface area contributed by atoms with Crippen molar-refractivity contribution in [3.05, 3.63) is 25.3 Å². The number of carbonyl (C=O) groups excluding carboxylic acids is 3. The largest absolute Gasteiger partial charge is 0.396 e. The fourth-order valence-corrected chi connectivity index (χ4v) is 9.67. The number of carbonyl (C=O) groups is 3. The summed E-state index contributed by atoms with van der Waals surface area (Å²) in [5.74, 6) is -1.21. The van der Waals surface area contributed by atoms with Gasteiger partial charge in [0.1, 0.15) is 6.04 Å². The summed E-state index contributed by atoms with van der Waals surface area (Å²) in [7, 11) is 0. The van der Waals surface area contributed by atoms with Gasteiger partial charge < -0.3 is 19.8 Å². The van der Waals surface area contributed by atoms with Crippen LogP contribution in [0.2, 0.25) is 0 Å². The third-order valence-corrected chi connectivity index (χ3v) is 10.7. The molecule has 196 valence electrons. The highest BCUT2D eigenvalue weighted by atomic mass is 79.9. The molecular weight excluding hydrogens is 530 g/mol. The van der Waals surface area contributed by atoms with E-state index in [0.717, 1.165) is 19.3 Å². The summed E-state index contributed by atoms with van der Waals surface area (Å²) in [6.07, 6.45) is 7.18. The Hall–Kier alpha value is -1.32. The van der Waals surface area contributed by atoms with E-state index >= 15 is 0 Å². The van der Waals surface area contributed by atoms with Crippen LogP contribution < -0.4 is 0 Å². The van der Waals surface area contributed by atoms with Crippen molar-refractivity contribution in [2.75, 3.05) is 39.3 Å². The van der Waals surface area contributed by atoms with Crippen LogP contribution in [0.4, 0.5) is 0 Å². The van der Waals surface area contributed by atoms with E-state index in [2.05, 4.69) is 36.0 Å². The Balaban J connectivity index is 2.03. The number of likely N-dealkylation sites (tertiary alicyclic amines) is 1. The number of hydrogen-bond acceptors (Lipinski definition) is 5. The highest BCUT2D eigenvalue weighted by Gasteiger charge is 2.75. The lowest BCUT2D eigenvalue weighted by Gasteiger charge is -2.38. The number of alkyl halides is 1.